The second-order valence-electron chi connectivity index (χ2n) is 5.38. The number of benzene rings is 1. The van der Waals surface area contributed by atoms with Crippen LogP contribution in [0, 0.1) is 12.8 Å². The maximum Gasteiger partial charge on any atom is 0.182 e. The summed E-state index contributed by atoms with van der Waals surface area (Å²) in [6.45, 7) is 5.70. The minimum atomic E-state index is 0.264. The van der Waals surface area contributed by atoms with Crippen molar-refractivity contribution >= 4 is 5.69 Å². The summed E-state index contributed by atoms with van der Waals surface area (Å²) in [5.41, 5.74) is 8.67. The number of nitrogens with two attached hydrogens (primary N) is 1. The van der Waals surface area contributed by atoms with Crippen LogP contribution in [0.2, 0.25) is 0 Å². The molecular formula is C14H19N5O. The van der Waals surface area contributed by atoms with E-state index in [-0.39, 0.29) is 6.10 Å². The molecule has 1 aliphatic rings. The molecule has 0 radical (unpaired) electrons. The molecule has 6 nitrogen and oxygen atoms in total. The van der Waals surface area contributed by atoms with Crippen LogP contribution < -0.4 is 5.73 Å². The van der Waals surface area contributed by atoms with Gasteiger partial charge >= 0.3 is 0 Å². The lowest BCUT2D eigenvalue weighted by atomic mass is 10.0. The first-order chi connectivity index (χ1) is 9.65. The molecule has 0 spiro atoms. The first kappa shape index (κ1) is 13.1. The highest BCUT2D eigenvalue weighted by Crippen LogP contribution is 2.25. The van der Waals surface area contributed by atoms with E-state index in [4.69, 9.17) is 10.5 Å². The Kier molecular flexibility index (Phi) is 3.40. The summed E-state index contributed by atoms with van der Waals surface area (Å²) in [5.74, 6) is 1.25. The monoisotopic (exact) mass is 273 g/mol. The van der Waals surface area contributed by atoms with Gasteiger partial charge in [-0.2, -0.15) is 0 Å². The molecule has 2 N–H and O–H groups in total. The molecule has 2 unspecified atom stereocenters. The molecule has 1 aromatic carbocycles. The van der Waals surface area contributed by atoms with Crippen LogP contribution in [-0.4, -0.2) is 32.9 Å². The van der Waals surface area contributed by atoms with Gasteiger partial charge in [0.25, 0.3) is 0 Å². The van der Waals surface area contributed by atoms with Crippen molar-refractivity contribution in [1.82, 2.24) is 20.2 Å². The van der Waals surface area contributed by atoms with Crippen LogP contribution in [0.4, 0.5) is 5.69 Å². The number of rotatable bonds is 3. The highest BCUT2D eigenvalue weighted by atomic mass is 16.5. The predicted molar refractivity (Wildman–Crippen MR) is 75.9 cm³/mol. The Bertz CT molecular complexity index is 609. The summed E-state index contributed by atoms with van der Waals surface area (Å²) in [4.78, 5) is 0. The van der Waals surface area contributed by atoms with Gasteiger partial charge in [0.2, 0.25) is 0 Å². The number of hydrogen-bond acceptors (Lipinski definition) is 5. The first-order valence-electron chi connectivity index (χ1n) is 6.89. The lowest BCUT2D eigenvalue weighted by Gasteiger charge is -2.14. The molecule has 1 aliphatic heterocycles. The molecule has 2 atom stereocenters. The van der Waals surface area contributed by atoms with Crippen LogP contribution in [0.5, 0.6) is 0 Å². The molecule has 0 aliphatic carbocycles. The van der Waals surface area contributed by atoms with Crippen molar-refractivity contribution in [3.8, 4) is 11.4 Å². The molecule has 1 aromatic heterocycles. The van der Waals surface area contributed by atoms with E-state index in [9.17, 15) is 0 Å². The fourth-order valence-electron chi connectivity index (χ4n) is 2.59. The van der Waals surface area contributed by atoms with Gasteiger partial charge in [0.15, 0.2) is 5.82 Å². The molecule has 1 fully saturated rings. The Morgan fingerprint density at radius 1 is 1.45 bits per heavy atom. The van der Waals surface area contributed by atoms with E-state index in [1.807, 2.05) is 29.8 Å². The number of aromatic nitrogens is 4. The topological polar surface area (TPSA) is 78.8 Å². The third-order valence-electron chi connectivity index (χ3n) is 4.00. The van der Waals surface area contributed by atoms with Gasteiger partial charge in [-0.15, -0.1) is 5.10 Å². The van der Waals surface area contributed by atoms with Gasteiger partial charge in [-0.3, -0.25) is 0 Å². The fraction of sp³-hybridized carbons (Fsp3) is 0.500. The number of nitrogens with zero attached hydrogens (tertiary/aromatic N) is 4. The number of aryl methyl sites for hydroxylation is 1. The fourth-order valence-corrected chi connectivity index (χ4v) is 2.59. The number of ether oxygens (including phenoxy) is 1. The smallest absolute Gasteiger partial charge is 0.182 e. The minimum Gasteiger partial charge on any atom is -0.399 e. The van der Waals surface area contributed by atoms with Crippen LogP contribution in [0.1, 0.15) is 18.9 Å². The van der Waals surface area contributed by atoms with Gasteiger partial charge in [-0.1, -0.05) is 0 Å². The maximum atomic E-state index is 5.86. The molecule has 2 aromatic rings. The summed E-state index contributed by atoms with van der Waals surface area (Å²) in [7, 11) is 0. The molecule has 2 heterocycles. The second-order valence-corrected chi connectivity index (χ2v) is 5.38. The molecule has 3 rings (SSSR count). The van der Waals surface area contributed by atoms with E-state index in [2.05, 4.69) is 22.4 Å². The van der Waals surface area contributed by atoms with Gasteiger partial charge in [-0.25, -0.2) is 4.68 Å². The van der Waals surface area contributed by atoms with Crippen LogP contribution in [0.3, 0.4) is 0 Å². The predicted octanol–water partition coefficient (Wildman–Crippen LogP) is 1.66. The largest absolute Gasteiger partial charge is 0.399 e. The highest BCUT2D eigenvalue weighted by molar-refractivity contribution is 5.61. The van der Waals surface area contributed by atoms with Crippen LogP contribution in [-0.2, 0) is 11.3 Å². The lowest BCUT2D eigenvalue weighted by molar-refractivity contribution is 0.101. The molecule has 0 bridgehead atoms. The zero-order chi connectivity index (χ0) is 14.1. The van der Waals surface area contributed by atoms with Crippen LogP contribution >= 0.6 is 0 Å². The summed E-state index contributed by atoms with van der Waals surface area (Å²) >= 11 is 0. The maximum absolute atomic E-state index is 5.86. The Morgan fingerprint density at radius 3 is 3.00 bits per heavy atom. The Morgan fingerprint density at radius 2 is 2.30 bits per heavy atom. The van der Waals surface area contributed by atoms with E-state index in [0.29, 0.717) is 5.92 Å². The van der Waals surface area contributed by atoms with Crippen LogP contribution in [0.15, 0.2) is 18.2 Å². The van der Waals surface area contributed by atoms with Gasteiger partial charge < -0.3 is 10.5 Å². The van der Waals surface area contributed by atoms with Gasteiger partial charge in [-0.05, 0) is 54.5 Å². The Hall–Kier alpha value is -1.95. The van der Waals surface area contributed by atoms with E-state index < -0.39 is 0 Å². The Balaban J connectivity index is 1.87. The average Bonchev–Trinajstić information content (AvgIpc) is 3.04. The number of anilines is 1. The molecule has 0 saturated carbocycles. The van der Waals surface area contributed by atoms with E-state index in [1.165, 1.54) is 0 Å². The molecule has 0 amide bonds. The standard InChI is InChI=1S/C14H19N5O/c1-9-7-11(3-4-13(9)15)14-16-17-18-19(14)8-12-5-6-20-10(12)2/h3-4,7,10,12H,5-6,8,15H2,1-2H3. The van der Waals surface area contributed by atoms with Crippen molar-refractivity contribution in [3.05, 3.63) is 23.8 Å². The van der Waals surface area contributed by atoms with Crippen molar-refractivity contribution < 1.29 is 4.74 Å². The van der Waals surface area contributed by atoms with Gasteiger partial charge in [0.1, 0.15) is 0 Å². The lowest BCUT2D eigenvalue weighted by Crippen LogP contribution is -2.19. The molecular weight excluding hydrogens is 254 g/mol. The van der Waals surface area contributed by atoms with Gasteiger partial charge in [0, 0.05) is 23.8 Å². The van der Waals surface area contributed by atoms with E-state index in [0.717, 1.165) is 42.2 Å². The van der Waals surface area contributed by atoms with Crippen molar-refractivity contribution in [2.45, 2.75) is 32.9 Å². The SMILES string of the molecule is Cc1cc(-c2nnnn2CC2CCOC2C)ccc1N. The molecule has 6 heteroatoms. The van der Waals surface area contributed by atoms with E-state index >= 15 is 0 Å². The summed E-state index contributed by atoms with van der Waals surface area (Å²) < 4.78 is 7.46. The third-order valence-corrected chi connectivity index (χ3v) is 4.00. The highest BCUT2D eigenvalue weighted by Gasteiger charge is 2.26. The number of nitrogen functional groups attached to an aromatic ring is 1. The molecule has 1 saturated heterocycles. The normalized spacial score (nSPS) is 22.3. The second kappa shape index (κ2) is 5.20. The summed E-state index contributed by atoms with van der Waals surface area (Å²) in [5, 5.41) is 12.1. The quantitative estimate of drug-likeness (QED) is 0.860. The molecule has 20 heavy (non-hydrogen) atoms. The summed E-state index contributed by atoms with van der Waals surface area (Å²) in [6, 6.07) is 5.87. The van der Waals surface area contributed by atoms with Crippen molar-refractivity contribution in [2.24, 2.45) is 5.92 Å². The van der Waals surface area contributed by atoms with Crippen molar-refractivity contribution in [2.75, 3.05) is 12.3 Å². The zero-order valence-corrected chi connectivity index (χ0v) is 11.8. The first-order valence-corrected chi connectivity index (χ1v) is 6.89. The van der Waals surface area contributed by atoms with Crippen molar-refractivity contribution in [3.63, 3.8) is 0 Å². The van der Waals surface area contributed by atoms with E-state index in [1.54, 1.807) is 0 Å². The van der Waals surface area contributed by atoms with Gasteiger partial charge in [0.05, 0.1) is 12.6 Å². The summed E-state index contributed by atoms with van der Waals surface area (Å²) in [6.07, 6.45) is 1.32. The van der Waals surface area contributed by atoms with Crippen molar-refractivity contribution in [1.29, 1.82) is 0 Å². The Labute approximate surface area is 117 Å². The number of hydrogen-bond donors (Lipinski definition) is 1. The average molecular weight is 273 g/mol. The zero-order valence-electron chi connectivity index (χ0n) is 11.8. The number of tetrazole rings is 1. The third kappa shape index (κ3) is 2.38. The minimum absolute atomic E-state index is 0.264. The van der Waals surface area contributed by atoms with Crippen LogP contribution in [0.25, 0.3) is 11.4 Å². The molecule has 106 valence electrons.